The van der Waals surface area contributed by atoms with Crippen molar-refractivity contribution in [1.29, 1.82) is 0 Å². The number of alkyl halides is 3. The van der Waals surface area contributed by atoms with Gasteiger partial charge in [-0.2, -0.15) is 13.2 Å². The number of carbonyl (C=O) groups is 1. The van der Waals surface area contributed by atoms with Gasteiger partial charge in [-0.05, 0) is 25.2 Å². The SMILES string of the molecule is C[C@@H]1CCO[C@@H]1C(=O)N1CCCC(c2ncc(C(F)(F)F)[nH]2)C1. The number of imidazole rings is 1. The third-order valence-electron chi connectivity index (χ3n) is 4.65. The van der Waals surface area contributed by atoms with Gasteiger partial charge in [0.15, 0.2) is 0 Å². The molecule has 1 unspecified atom stereocenters. The summed E-state index contributed by atoms with van der Waals surface area (Å²) in [5.74, 6) is 0.237. The average molecular weight is 331 g/mol. The normalized spacial score (nSPS) is 29.0. The number of likely N-dealkylation sites (tertiary alicyclic amines) is 1. The highest BCUT2D eigenvalue weighted by Gasteiger charge is 2.38. The molecule has 3 atom stereocenters. The second kappa shape index (κ2) is 6.14. The summed E-state index contributed by atoms with van der Waals surface area (Å²) in [6.45, 7) is 3.58. The quantitative estimate of drug-likeness (QED) is 0.906. The van der Waals surface area contributed by atoms with Gasteiger partial charge in [0.25, 0.3) is 5.91 Å². The van der Waals surface area contributed by atoms with Crippen molar-refractivity contribution in [3.8, 4) is 0 Å². The van der Waals surface area contributed by atoms with Crippen LogP contribution in [0.5, 0.6) is 0 Å². The first-order valence-corrected chi connectivity index (χ1v) is 7.88. The van der Waals surface area contributed by atoms with Crippen molar-refractivity contribution in [3.63, 3.8) is 0 Å². The van der Waals surface area contributed by atoms with E-state index in [1.807, 2.05) is 6.92 Å². The third-order valence-corrected chi connectivity index (χ3v) is 4.65. The maximum Gasteiger partial charge on any atom is 0.432 e. The van der Waals surface area contributed by atoms with Crippen molar-refractivity contribution in [1.82, 2.24) is 14.9 Å². The average Bonchev–Trinajstić information content (AvgIpc) is 3.15. The third kappa shape index (κ3) is 3.36. The Labute approximate surface area is 132 Å². The number of carbonyl (C=O) groups excluding carboxylic acids is 1. The second-order valence-electron chi connectivity index (χ2n) is 6.36. The molecule has 0 bridgehead atoms. The Kier molecular flexibility index (Phi) is 4.35. The Hall–Kier alpha value is -1.57. The van der Waals surface area contributed by atoms with Crippen LogP contribution in [0.4, 0.5) is 13.2 Å². The van der Waals surface area contributed by atoms with E-state index in [-0.39, 0.29) is 17.7 Å². The number of rotatable bonds is 2. The molecule has 1 aromatic rings. The molecule has 2 aliphatic heterocycles. The fourth-order valence-electron chi connectivity index (χ4n) is 3.28. The molecule has 3 heterocycles. The molecule has 2 saturated heterocycles. The van der Waals surface area contributed by atoms with E-state index >= 15 is 0 Å². The van der Waals surface area contributed by atoms with Crippen molar-refractivity contribution < 1.29 is 22.7 Å². The van der Waals surface area contributed by atoms with Crippen molar-refractivity contribution in [2.75, 3.05) is 19.7 Å². The van der Waals surface area contributed by atoms with Crippen molar-refractivity contribution >= 4 is 5.91 Å². The fraction of sp³-hybridized carbons (Fsp3) is 0.733. The van der Waals surface area contributed by atoms with Crippen LogP contribution in [-0.2, 0) is 15.7 Å². The molecule has 0 radical (unpaired) electrons. The van der Waals surface area contributed by atoms with Gasteiger partial charge in [0, 0.05) is 25.6 Å². The van der Waals surface area contributed by atoms with Crippen LogP contribution in [0.3, 0.4) is 0 Å². The van der Waals surface area contributed by atoms with Gasteiger partial charge in [0.05, 0.1) is 6.20 Å². The van der Waals surface area contributed by atoms with E-state index < -0.39 is 18.0 Å². The number of H-pyrrole nitrogens is 1. The number of aromatic amines is 1. The lowest BCUT2D eigenvalue weighted by Gasteiger charge is -2.34. The lowest BCUT2D eigenvalue weighted by Crippen LogP contribution is -2.45. The number of aromatic nitrogens is 2. The predicted molar refractivity (Wildman–Crippen MR) is 75.7 cm³/mol. The minimum absolute atomic E-state index is 0.0534. The number of hydrogen-bond donors (Lipinski definition) is 1. The van der Waals surface area contributed by atoms with Crippen LogP contribution >= 0.6 is 0 Å². The van der Waals surface area contributed by atoms with Crippen LogP contribution in [-0.4, -0.2) is 46.6 Å². The largest absolute Gasteiger partial charge is 0.432 e. The van der Waals surface area contributed by atoms with E-state index in [0.29, 0.717) is 25.5 Å². The molecule has 0 saturated carbocycles. The van der Waals surface area contributed by atoms with Crippen molar-refractivity contribution in [2.24, 2.45) is 5.92 Å². The highest BCUT2D eigenvalue weighted by atomic mass is 19.4. The molecule has 5 nitrogen and oxygen atoms in total. The van der Waals surface area contributed by atoms with Crippen LogP contribution in [0.15, 0.2) is 6.20 Å². The molecule has 0 aromatic carbocycles. The molecule has 2 aliphatic rings. The number of nitrogens with zero attached hydrogens (tertiary/aromatic N) is 2. The Morgan fingerprint density at radius 3 is 2.83 bits per heavy atom. The van der Waals surface area contributed by atoms with Gasteiger partial charge < -0.3 is 14.6 Å². The molecule has 1 amide bonds. The highest BCUT2D eigenvalue weighted by Crippen LogP contribution is 2.32. The summed E-state index contributed by atoms with van der Waals surface area (Å²) >= 11 is 0. The molecule has 23 heavy (non-hydrogen) atoms. The van der Waals surface area contributed by atoms with E-state index in [1.165, 1.54) is 0 Å². The standard InChI is InChI=1S/C15H20F3N3O2/c1-9-4-6-23-12(9)14(22)21-5-2-3-10(8-21)13-19-7-11(20-13)15(16,17)18/h7,9-10,12H,2-6,8H2,1H3,(H,19,20)/t9-,10?,12+/m1/s1. The molecule has 1 aromatic heterocycles. The van der Waals surface area contributed by atoms with Crippen molar-refractivity contribution in [2.45, 2.75) is 44.4 Å². The smallest absolute Gasteiger partial charge is 0.368 e. The van der Waals surface area contributed by atoms with Gasteiger partial charge in [-0.3, -0.25) is 4.79 Å². The summed E-state index contributed by atoms with van der Waals surface area (Å²) in [5, 5.41) is 0. The number of ether oxygens (including phenoxy) is 1. The molecule has 1 N–H and O–H groups in total. The number of nitrogens with one attached hydrogen (secondary N) is 1. The van der Waals surface area contributed by atoms with Crippen LogP contribution < -0.4 is 0 Å². The molecular weight excluding hydrogens is 311 g/mol. The van der Waals surface area contributed by atoms with E-state index in [2.05, 4.69) is 9.97 Å². The fourth-order valence-corrected chi connectivity index (χ4v) is 3.28. The van der Waals surface area contributed by atoms with Gasteiger partial charge in [-0.25, -0.2) is 4.98 Å². The zero-order chi connectivity index (χ0) is 16.6. The number of hydrogen-bond acceptors (Lipinski definition) is 3. The monoisotopic (exact) mass is 331 g/mol. The summed E-state index contributed by atoms with van der Waals surface area (Å²) in [5.41, 5.74) is -0.844. The summed E-state index contributed by atoms with van der Waals surface area (Å²) in [7, 11) is 0. The molecule has 8 heteroatoms. The maximum absolute atomic E-state index is 12.7. The zero-order valence-corrected chi connectivity index (χ0v) is 12.9. The minimum Gasteiger partial charge on any atom is -0.368 e. The first kappa shape index (κ1) is 16.3. The van der Waals surface area contributed by atoms with Crippen molar-refractivity contribution in [3.05, 3.63) is 17.7 Å². The summed E-state index contributed by atoms with van der Waals surface area (Å²) in [4.78, 5) is 20.5. The van der Waals surface area contributed by atoms with Gasteiger partial charge in [-0.1, -0.05) is 6.92 Å². The zero-order valence-electron chi connectivity index (χ0n) is 12.9. The van der Waals surface area contributed by atoms with E-state index in [0.717, 1.165) is 25.5 Å². The molecular formula is C15H20F3N3O2. The van der Waals surface area contributed by atoms with E-state index in [9.17, 15) is 18.0 Å². The molecule has 0 aliphatic carbocycles. The summed E-state index contributed by atoms with van der Waals surface area (Å²) in [6.07, 6.45) is -1.70. The van der Waals surface area contributed by atoms with Gasteiger partial charge in [-0.15, -0.1) is 0 Å². The van der Waals surface area contributed by atoms with Gasteiger partial charge in [0.1, 0.15) is 17.6 Å². The van der Waals surface area contributed by atoms with Gasteiger partial charge in [0.2, 0.25) is 0 Å². The highest BCUT2D eigenvalue weighted by molar-refractivity contribution is 5.81. The number of piperidine rings is 1. The molecule has 2 fully saturated rings. The summed E-state index contributed by atoms with van der Waals surface area (Å²) in [6, 6.07) is 0. The van der Waals surface area contributed by atoms with E-state index in [4.69, 9.17) is 4.74 Å². The maximum atomic E-state index is 12.7. The Morgan fingerprint density at radius 2 is 2.22 bits per heavy atom. The topological polar surface area (TPSA) is 58.2 Å². The summed E-state index contributed by atoms with van der Waals surface area (Å²) < 4.78 is 43.5. The minimum atomic E-state index is -4.43. The molecule has 128 valence electrons. The Bertz CT molecular complexity index is 573. The molecule has 0 spiro atoms. The van der Waals surface area contributed by atoms with Crippen LogP contribution in [0.25, 0.3) is 0 Å². The molecule has 3 rings (SSSR count). The number of amides is 1. The first-order chi connectivity index (χ1) is 10.9. The first-order valence-electron chi connectivity index (χ1n) is 7.88. The Morgan fingerprint density at radius 1 is 1.43 bits per heavy atom. The Balaban J connectivity index is 1.68. The van der Waals surface area contributed by atoms with Crippen LogP contribution in [0, 0.1) is 5.92 Å². The second-order valence-corrected chi connectivity index (χ2v) is 6.36. The predicted octanol–water partition coefficient (Wildman–Crippen LogP) is 2.56. The van der Waals surface area contributed by atoms with E-state index in [1.54, 1.807) is 4.90 Å². The van der Waals surface area contributed by atoms with Crippen LogP contribution in [0.1, 0.15) is 43.6 Å². The number of halogens is 3. The van der Waals surface area contributed by atoms with Gasteiger partial charge >= 0.3 is 6.18 Å². The lowest BCUT2D eigenvalue weighted by molar-refractivity contribution is -0.144. The van der Waals surface area contributed by atoms with Crippen LogP contribution in [0.2, 0.25) is 0 Å². The lowest BCUT2D eigenvalue weighted by atomic mass is 9.95.